The van der Waals surface area contributed by atoms with Gasteiger partial charge in [-0.25, -0.2) is 12.8 Å². The predicted molar refractivity (Wildman–Crippen MR) is 93.0 cm³/mol. The molecule has 1 atom stereocenters. The molecule has 9 heteroatoms. The first-order valence-corrected chi connectivity index (χ1v) is 9.58. The Balaban J connectivity index is 2.14. The summed E-state index contributed by atoms with van der Waals surface area (Å²) in [6.07, 6.45) is 3.41. The summed E-state index contributed by atoms with van der Waals surface area (Å²) in [6, 6.07) is 3.40. The van der Waals surface area contributed by atoms with Gasteiger partial charge in [0.25, 0.3) is 0 Å². The van der Waals surface area contributed by atoms with E-state index in [9.17, 15) is 22.4 Å². The maximum absolute atomic E-state index is 13.4. The summed E-state index contributed by atoms with van der Waals surface area (Å²) in [5, 5.41) is 2.61. The number of benzene rings is 1. The van der Waals surface area contributed by atoms with Gasteiger partial charge < -0.3 is 10.2 Å². The van der Waals surface area contributed by atoms with E-state index in [4.69, 9.17) is 0 Å². The predicted octanol–water partition coefficient (Wildman–Crippen LogP) is 1.56. The Kier molecular flexibility index (Phi) is 5.78. The maximum atomic E-state index is 13.4. The van der Waals surface area contributed by atoms with Gasteiger partial charge in [0.1, 0.15) is 5.82 Å². The molecule has 0 saturated carbocycles. The fraction of sp³-hybridized carbons (Fsp3) is 0.375. The van der Waals surface area contributed by atoms with Crippen molar-refractivity contribution in [3.05, 3.63) is 36.7 Å². The van der Waals surface area contributed by atoms with Crippen molar-refractivity contribution in [1.29, 1.82) is 0 Å². The number of hydrogen-bond acceptors (Lipinski definition) is 4. The van der Waals surface area contributed by atoms with E-state index in [0.29, 0.717) is 19.4 Å². The molecule has 0 aliphatic carbocycles. The second-order valence-electron chi connectivity index (χ2n) is 5.88. The van der Waals surface area contributed by atoms with E-state index < -0.39 is 21.8 Å². The van der Waals surface area contributed by atoms with Gasteiger partial charge in [-0.15, -0.1) is 0 Å². The van der Waals surface area contributed by atoms with Gasteiger partial charge in [0.05, 0.1) is 23.5 Å². The molecular weight excluding hydrogens is 349 g/mol. The molecule has 0 spiro atoms. The molecule has 0 radical (unpaired) electrons. The quantitative estimate of drug-likeness (QED) is 0.770. The number of likely N-dealkylation sites (tertiary alicyclic amines) is 1. The van der Waals surface area contributed by atoms with Crippen LogP contribution in [0.1, 0.15) is 12.8 Å². The standard InChI is InChI=1S/C16H20FN3O4S/c1-3-15(21)20-8-4-5-11(10-20)16(22)18-13-7-6-12(17)9-14(13)19-25(2,23)24/h3,6-7,9,11,19H,1,4-5,8,10H2,2H3,(H,18,22). The lowest BCUT2D eigenvalue weighted by Gasteiger charge is -2.31. The Bertz CT molecular complexity index is 795. The number of nitrogens with zero attached hydrogens (tertiary/aromatic N) is 1. The third-order valence-electron chi connectivity index (χ3n) is 3.81. The number of carbonyl (C=O) groups excluding carboxylic acids is 2. The van der Waals surface area contributed by atoms with Crippen LogP contribution in [0.4, 0.5) is 15.8 Å². The van der Waals surface area contributed by atoms with Crippen LogP contribution in [0.25, 0.3) is 0 Å². The van der Waals surface area contributed by atoms with Gasteiger partial charge in [-0.05, 0) is 31.1 Å². The summed E-state index contributed by atoms with van der Waals surface area (Å²) in [6.45, 7) is 4.25. The molecule has 1 heterocycles. The first-order chi connectivity index (χ1) is 11.7. The molecule has 1 unspecified atom stereocenters. The van der Waals surface area contributed by atoms with Gasteiger partial charge in [0.2, 0.25) is 21.8 Å². The highest BCUT2D eigenvalue weighted by Gasteiger charge is 2.28. The van der Waals surface area contributed by atoms with E-state index in [1.807, 2.05) is 0 Å². The van der Waals surface area contributed by atoms with Crippen LogP contribution in [-0.2, 0) is 19.6 Å². The molecule has 7 nitrogen and oxygen atoms in total. The van der Waals surface area contributed by atoms with Crippen LogP contribution in [0.3, 0.4) is 0 Å². The molecule has 0 aromatic heterocycles. The van der Waals surface area contributed by atoms with Crippen LogP contribution < -0.4 is 10.0 Å². The van der Waals surface area contributed by atoms with Crippen LogP contribution in [-0.4, -0.2) is 44.5 Å². The third-order valence-corrected chi connectivity index (χ3v) is 4.40. The smallest absolute Gasteiger partial charge is 0.245 e. The molecule has 1 saturated heterocycles. The summed E-state index contributed by atoms with van der Waals surface area (Å²) in [7, 11) is -3.63. The van der Waals surface area contributed by atoms with Crippen LogP contribution in [0.15, 0.2) is 30.9 Å². The average Bonchev–Trinajstić information content (AvgIpc) is 2.55. The molecule has 2 rings (SSSR count). The van der Waals surface area contributed by atoms with Gasteiger partial charge in [0.15, 0.2) is 0 Å². The van der Waals surface area contributed by atoms with E-state index in [-0.39, 0.29) is 29.7 Å². The maximum Gasteiger partial charge on any atom is 0.245 e. The van der Waals surface area contributed by atoms with Crippen LogP contribution in [0, 0.1) is 11.7 Å². The molecule has 1 fully saturated rings. The number of amides is 2. The Morgan fingerprint density at radius 2 is 2.08 bits per heavy atom. The zero-order valence-corrected chi connectivity index (χ0v) is 14.6. The fourth-order valence-electron chi connectivity index (χ4n) is 2.66. The number of nitrogens with one attached hydrogen (secondary N) is 2. The normalized spacial score (nSPS) is 17.7. The van der Waals surface area contributed by atoms with E-state index in [0.717, 1.165) is 18.4 Å². The van der Waals surface area contributed by atoms with E-state index in [1.165, 1.54) is 12.1 Å². The van der Waals surface area contributed by atoms with E-state index >= 15 is 0 Å². The van der Waals surface area contributed by atoms with Crippen molar-refractivity contribution in [3.8, 4) is 0 Å². The monoisotopic (exact) mass is 369 g/mol. The average molecular weight is 369 g/mol. The zero-order valence-electron chi connectivity index (χ0n) is 13.8. The minimum atomic E-state index is -3.63. The first-order valence-electron chi connectivity index (χ1n) is 7.69. The molecular formula is C16H20FN3O4S. The Labute approximate surface area is 145 Å². The lowest BCUT2D eigenvalue weighted by Crippen LogP contribution is -2.43. The van der Waals surface area contributed by atoms with Crippen LogP contribution in [0.2, 0.25) is 0 Å². The number of sulfonamides is 1. The van der Waals surface area contributed by atoms with Crippen molar-refractivity contribution in [2.24, 2.45) is 5.92 Å². The van der Waals surface area contributed by atoms with Crippen molar-refractivity contribution in [2.45, 2.75) is 12.8 Å². The summed E-state index contributed by atoms with van der Waals surface area (Å²) in [5.41, 5.74) is 0.106. The number of hydrogen-bond donors (Lipinski definition) is 2. The Hall–Kier alpha value is -2.42. The molecule has 1 aromatic rings. The number of anilines is 2. The summed E-state index contributed by atoms with van der Waals surface area (Å²) in [5.74, 6) is -1.67. The Morgan fingerprint density at radius 3 is 2.72 bits per heavy atom. The number of carbonyl (C=O) groups is 2. The zero-order chi connectivity index (χ0) is 18.6. The SMILES string of the molecule is C=CC(=O)N1CCCC(C(=O)Nc2ccc(F)cc2NS(C)(=O)=O)C1. The molecule has 0 bridgehead atoms. The summed E-state index contributed by atoms with van der Waals surface area (Å²) < 4.78 is 38.4. The van der Waals surface area contributed by atoms with Crippen molar-refractivity contribution >= 4 is 33.2 Å². The van der Waals surface area contributed by atoms with Gasteiger partial charge in [0, 0.05) is 19.2 Å². The minimum Gasteiger partial charge on any atom is -0.338 e. The number of rotatable bonds is 5. The van der Waals surface area contributed by atoms with Crippen molar-refractivity contribution in [2.75, 3.05) is 29.4 Å². The minimum absolute atomic E-state index is 0.0503. The first kappa shape index (κ1) is 18.9. The summed E-state index contributed by atoms with van der Waals surface area (Å²) >= 11 is 0. The van der Waals surface area contributed by atoms with Gasteiger partial charge in [-0.3, -0.25) is 14.3 Å². The summed E-state index contributed by atoms with van der Waals surface area (Å²) in [4.78, 5) is 25.7. The number of piperidine rings is 1. The molecule has 1 aromatic carbocycles. The highest BCUT2D eigenvalue weighted by atomic mass is 32.2. The molecule has 1 aliphatic heterocycles. The van der Waals surface area contributed by atoms with Gasteiger partial charge >= 0.3 is 0 Å². The molecule has 2 N–H and O–H groups in total. The highest BCUT2D eigenvalue weighted by Crippen LogP contribution is 2.26. The third kappa shape index (κ3) is 5.28. The molecule has 1 aliphatic rings. The Morgan fingerprint density at radius 1 is 1.36 bits per heavy atom. The van der Waals surface area contributed by atoms with Crippen molar-refractivity contribution in [3.63, 3.8) is 0 Å². The molecule has 136 valence electrons. The van der Waals surface area contributed by atoms with Crippen LogP contribution >= 0.6 is 0 Å². The topological polar surface area (TPSA) is 95.6 Å². The second kappa shape index (κ2) is 7.64. The van der Waals surface area contributed by atoms with Gasteiger partial charge in [-0.2, -0.15) is 0 Å². The molecule has 25 heavy (non-hydrogen) atoms. The van der Waals surface area contributed by atoms with Crippen molar-refractivity contribution in [1.82, 2.24) is 4.90 Å². The van der Waals surface area contributed by atoms with E-state index in [1.54, 1.807) is 4.90 Å². The van der Waals surface area contributed by atoms with E-state index in [2.05, 4.69) is 16.6 Å². The fourth-order valence-corrected chi connectivity index (χ4v) is 3.23. The van der Waals surface area contributed by atoms with Crippen molar-refractivity contribution < 1.29 is 22.4 Å². The van der Waals surface area contributed by atoms with Crippen LogP contribution in [0.5, 0.6) is 0 Å². The lowest BCUT2D eigenvalue weighted by atomic mass is 9.97. The largest absolute Gasteiger partial charge is 0.338 e. The van der Waals surface area contributed by atoms with Gasteiger partial charge in [-0.1, -0.05) is 6.58 Å². The highest BCUT2D eigenvalue weighted by molar-refractivity contribution is 7.92. The molecule has 2 amide bonds. The number of halogens is 1. The lowest BCUT2D eigenvalue weighted by molar-refractivity contribution is -0.130. The second-order valence-corrected chi connectivity index (χ2v) is 7.63.